The number of nitrogens with two attached hydrogens (primary N) is 1. The van der Waals surface area contributed by atoms with Gasteiger partial charge in [-0.15, -0.1) is 0 Å². The second kappa shape index (κ2) is 7.37. The van der Waals surface area contributed by atoms with Crippen molar-refractivity contribution in [1.29, 1.82) is 0 Å². The molecule has 0 bridgehead atoms. The fourth-order valence-electron chi connectivity index (χ4n) is 2.20. The van der Waals surface area contributed by atoms with E-state index in [-0.39, 0.29) is 0 Å². The molecule has 1 aliphatic rings. The molecule has 2 rings (SSSR count). The Morgan fingerprint density at radius 1 is 1.45 bits per heavy atom. The third kappa shape index (κ3) is 4.03. The molecule has 0 amide bonds. The molecule has 1 aromatic heterocycles. The van der Waals surface area contributed by atoms with Crippen LogP contribution in [0, 0.1) is 5.92 Å². The third-order valence-electron chi connectivity index (χ3n) is 3.43. The van der Waals surface area contributed by atoms with Gasteiger partial charge in [0.15, 0.2) is 5.82 Å². The first kappa shape index (κ1) is 15.0. The van der Waals surface area contributed by atoms with Crippen molar-refractivity contribution in [3.63, 3.8) is 0 Å². The molecule has 2 atom stereocenters. The van der Waals surface area contributed by atoms with Gasteiger partial charge in [-0.3, -0.25) is 0 Å². The van der Waals surface area contributed by atoms with Crippen molar-refractivity contribution in [1.82, 2.24) is 9.97 Å². The first-order valence-electron chi connectivity index (χ1n) is 7.00. The molecule has 0 spiro atoms. The van der Waals surface area contributed by atoms with Crippen LogP contribution >= 0.6 is 0 Å². The second-order valence-corrected chi connectivity index (χ2v) is 4.84. The van der Waals surface area contributed by atoms with E-state index < -0.39 is 0 Å². The van der Waals surface area contributed by atoms with E-state index in [1.807, 2.05) is 6.92 Å². The number of rotatable bonds is 7. The van der Waals surface area contributed by atoms with E-state index in [1.165, 1.54) is 0 Å². The van der Waals surface area contributed by atoms with Gasteiger partial charge in [0.2, 0.25) is 0 Å². The maximum atomic E-state index is 5.55. The van der Waals surface area contributed by atoms with Gasteiger partial charge in [0.25, 0.3) is 0 Å². The molecule has 1 aliphatic heterocycles. The van der Waals surface area contributed by atoms with Crippen LogP contribution in [0.15, 0.2) is 6.07 Å². The van der Waals surface area contributed by atoms with Gasteiger partial charge in [0.1, 0.15) is 18.2 Å². The molecule has 7 nitrogen and oxygen atoms in total. The lowest BCUT2D eigenvalue weighted by Gasteiger charge is -2.16. The summed E-state index contributed by atoms with van der Waals surface area (Å²) in [6.45, 7) is 6.71. The summed E-state index contributed by atoms with van der Waals surface area (Å²) in [5.74, 6) is 7.88. The second-order valence-electron chi connectivity index (χ2n) is 4.84. The zero-order valence-electron chi connectivity index (χ0n) is 12.1. The zero-order chi connectivity index (χ0) is 14.4. The van der Waals surface area contributed by atoms with E-state index in [9.17, 15) is 0 Å². The molecule has 1 fully saturated rings. The molecule has 1 aromatic rings. The van der Waals surface area contributed by atoms with Crippen LogP contribution in [0.1, 0.15) is 26.1 Å². The molecule has 0 aliphatic carbocycles. The van der Waals surface area contributed by atoms with Crippen LogP contribution in [0.3, 0.4) is 0 Å². The zero-order valence-corrected chi connectivity index (χ0v) is 12.1. The Kier molecular flexibility index (Phi) is 5.51. The Morgan fingerprint density at radius 3 is 2.90 bits per heavy atom. The fraction of sp³-hybridized carbons (Fsp3) is 0.692. The van der Waals surface area contributed by atoms with Crippen molar-refractivity contribution in [3.8, 4) is 0 Å². The van der Waals surface area contributed by atoms with Gasteiger partial charge in [-0.05, 0) is 20.3 Å². The SMILES string of the molecule is CCOCc1nc(NN)cc(NCC2CCOC2C)n1. The molecule has 20 heavy (non-hydrogen) atoms. The minimum Gasteiger partial charge on any atom is -0.378 e. The molecule has 7 heteroatoms. The molecule has 2 unspecified atom stereocenters. The van der Waals surface area contributed by atoms with Crippen molar-refractivity contribution >= 4 is 11.6 Å². The first-order chi connectivity index (χ1) is 9.72. The molecule has 2 heterocycles. The highest BCUT2D eigenvalue weighted by atomic mass is 16.5. The van der Waals surface area contributed by atoms with Crippen molar-refractivity contribution in [3.05, 3.63) is 11.9 Å². The third-order valence-corrected chi connectivity index (χ3v) is 3.43. The van der Waals surface area contributed by atoms with Crippen LogP contribution in [-0.4, -0.2) is 35.8 Å². The van der Waals surface area contributed by atoms with Gasteiger partial charge < -0.3 is 20.2 Å². The van der Waals surface area contributed by atoms with Gasteiger partial charge in [-0.1, -0.05) is 0 Å². The number of hydrogen-bond acceptors (Lipinski definition) is 7. The van der Waals surface area contributed by atoms with E-state index in [0.29, 0.717) is 36.9 Å². The summed E-state index contributed by atoms with van der Waals surface area (Å²) >= 11 is 0. The summed E-state index contributed by atoms with van der Waals surface area (Å²) in [7, 11) is 0. The van der Waals surface area contributed by atoms with Crippen LogP contribution in [0.2, 0.25) is 0 Å². The number of nitrogen functional groups attached to an aromatic ring is 1. The predicted molar refractivity (Wildman–Crippen MR) is 77.2 cm³/mol. The Labute approximate surface area is 119 Å². The summed E-state index contributed by atoms with van der Waals surface area (Å²) < 4.78 is 10.9. The van der Waals surface area contributed by atoms with Gasteiger partial charge in [-0.25, -0.2) is 15.8 Å². The Hall–Kier alpha value is -1.44. The molecular formula is C13H23N5O2. The number of anilines is 2. The first-order valence-corrected chi connectivity index (χ1v) is 7.00. The summed E-state index contributed by atoms with van der Waals surface area (Å²) in [6, 6.07) is 1.79. The minimum absolute atomic E-state index is 0.291. The Balaban J connectivity index is 1.98. The average molecular weight is 281 g/mol. The minimum atomic E-state index is 0.291. The van der Waals surface area contributed by atoms with Gasteiger partial charge in [0.05, 0.1) is 6.10 Å². The van der Waals surface area contributed by atoms with Crippen molar-refractivity contribution in [2.24, 2.45) is 11.8 Å². The van der Waals surface area contributed by atoms with Crippen LogP contribution in [0.5, 0.6) is 0 Å². The highest BCUT2D eigenvalue weighted by Gasteiger charge is 2.23. The molecule has 4 N–H and O–H groups in total. The normalized spacial score (nSPS) is 21.9. The number of aromatic nitrogens is 2. The van der Waals surface area contributed by atoms with Crippen LogP contribution < -0.4 is 16.6 Å². The van der Waals surface area contributed by atoms with Gasteiger partial charge in [0, 0.05) is 31.7 Å². The van der Waals surface area contributed by atoms with E-state index in [4.69, 9.17) is 15.3 Å². The maximum absolute atomic E-state index is 5.55. The van der Waals surface area contributed by atoms with E-state index in [0.717, 1.165) is 25.4 Å². The number of ether oxygens (including phenoxy) is 2. The highest BCUT2D eigenvalue weighted by molar-refractivity contribution is 5.46. The number of hydrazine groups is 1. The molecule has 0 aromatic carbocycles. The van der Waals surface area contributed by atoms with Gasteiger partial charge >= 0.3 is 0 Å². The standard InChI is InChI=1S/C13H23N5O2/c1-3-19-8-13-16-11(6-12(17-13)18-14)15-7-10-4-5-20-9(10)2/h6,9-10H,3-5,7-8,14H2,1-2H3,(H2,15,16,17,18). The van der Waals surface area contributed by atoms with Crippen LogP contribution in [0.25, 0.3) is 0 Å². The fourth-order valence-corrected chi connectivity index (χ4v) is 2.20. The molecule has 0 radical (unpaired) electrons. The summed E-state index contributed by atoms with van der Waals surface area (Å²) in [5.41, 5.74) is 2.55. The highest BCUT2D eigenvalue weighted by Crippen LogP contribution is 2.21. The quantitative estimate of drug-likeness (QED) is 0.509. The van der Waals surface area contributed by atoms with Crippen molar-refractivity contribution in [2.45, 2.75) is 33.0 Å². The predicted octanol–water partition coefficient (Wildman–Crippen LogP) is 1.14. The van der Waals surface area contributed by atoms with E-state index in [1.54, 1.807) is 6.07 Å². The van der Waals surface area contributed by atoms with E-state index in [2.05, 4.69) is 27.6 Å². The van der Waals surface area contributed by atoms with Crippen LogP contribution in [-0.2, 0) is 16.1 Å². The molecule has 112 valence electrons. The lowest BCUT2D eigenvalue weighted by atomic mass is 10.0. The number of nitrogens with zero attached hydrogens (tertiary/aromatic N) is 2. The van der Waals surface area contributed by atoms with Crippen molar-refractivity contribution in [2.75, 3.05) is 30.5 Å². The number of hydrogen-bond donors (Lipinski definition) is 3. The number of nitrogens with one attached hydrogen (secondary N) is 2. The van der Waals surface area contributed by atoms with E-state index >= 15 is 0 Å². The molecule has 1 saturated heterocycles. The molecular weight excluding hydrogens is 258 g/mol. The monoisotopic (exact) mass is 281 g/mol. The maximum Gasteiger partial charge on any atom is 0.158 e. The van der Waals surface area contributed by atoms with Crippen LogP contribution in [0.4, 0.5) is 11.6 Å². The lowest BCUT2D eigenvalue weighted by Crippen LogP contribution is -2.21. The average Bonchev–Trinajstić information content (AvgIpc) is 2.88. The largest absolute Gasteiger partial charge is 0.378 e. The topological polar surface area (TPSA) is 94.3 Å². The smallest absolute Gasteiger partial charge is 0.158 e. The van der Waals surface area contributed by atoms with Gasteiger partial charge in [-0.2, -0.15) is 0 Å². The summed E-state index contributed by atoms with van der Waals surface area (Å²) in [5, 5.41) is 3.33. The Morgan fingerprint density at radius 2 is 2.25 bits per heavy atom. The van der Waals surface area contributed by atoms with Crippen molar-refractivity contribution < 1.29 is 9.47 Å². The Bertz CT molecular complexity index is 429. The lowest BCUT2D eigenvalue weighted by molar-refractivity contribution is 0.108. The summed E-state index contributed by atoms with van der Waals surface area (Å²) in [6.07, 6.45) is 1.37. The summed E-state index contributed by atoms with van der Waals surface area (Å²) in [4.78, 5) is 8.67. The molecule has 0 saturated carbocycles.